The number of aryl methyl sites for hydroxylation is 1. The first-order chi connectivity index (χ1) is 18.5. The molecule has 3 aromatic carbocycles. The fourth-order valence-corrected chi connectivity index (χ4v) is 5.16. The van der Waals surface area contributed by atoms with Gasteiger partial charge in [0.25, 0.3) is 5.91 Å². The molecule has 0 aliphatic carbocycles. The van der Waals surface area contributed by atoms with Gasteiger partial charge >= 0.3 is 5.97 Å². The SMILES string of the molecule is CCCCCc1ccc(C(=O)Nc2ccc(S(=O)(=O)N[C@@H](Cc3ccccc3)C(=O)OC(C)(C)C)cc2)cc1. The maximum absolute atomic E-state index is 13.2. The highest BCUT2D eigenvalue weighted by atomic mass is 32.2. The molecule has 0 saturated carbocycles. The van der Waals surface area contributed by atoms with Crippen LogP contribution in [0.5, 0.6) is 0 Å². The Labute approximate surface area is 232 Å². The summed E-state index contributed by atoms with van der Waals surface area (Å²) in [6, 6.07) is 21.4. The molecule has 39 heavy (non-hydrogen) atoms. The van der Waals surface area contributed by atoms with Crippen molar-refractivity contribution < 1.29 is 22.7 Å². The number of anilines is 1. The molecule has 0 aromatic heterocycles. The van der Waals surface area contributed by atoms with Crippen molar-refractivity contribution >= 4 is 27.6 Å². The first-order valence-electron chi connectivity index (χ1n) is 13.3. The number of rotatable bonds is 12. The Morgan fingerprint density at radius 2 is 1.49 bits per heavy atom. The van der Waals surface area contributed by atoms with Crippen LogP contribution in [-0.4, -0.2) is 31.9 Å². The summed E-state index contributed by atoms with van der Waals surface area (Å²) in [5.74, 6) is -0.938. The summed E-state index contributed by atoms with van der Waals surface area (Å²) in [4.78, 5) is 25.5. The normalized spacial score (nSPS) is 12.5. The smallest absolute Gasteiger partial charge is 0.325 e. The second-order valence-corrected chi connectivity index (χ2v) is 12.2. The molecule has 0 fully saturated rings. The minimum Gasteiger partial charge on any atom is -0.459 e. The van der Waals surface area contributed by atoms with E-state index < -0.39 is 27.6 Å². The zero-order valence-electron chi connectivity index (χ0n) is 23.1. The molecule has 3 aromatic rings. The second-order valence-electron chi connectivity index (χ2n) is 10.5. The third kappa shape index (κ3) is 9.64. The lowest BCUT2D eigenvalue weighted by molar-refractivity contribution is -0.156. The van der Waals surface area contributed by atoms with Crippen LogP contribution in [0.1, 0.15) is 68.4 Å². The summed E-state index contributed by atoms with van der Waals surface area (Å²) in [6.45, 7) is 7.36. The summed E-state index contributed by atoms with van der Waals surface area (Å²) >= 11 is 0. The van der Waals surface area contributed by atoms with Gasteiger partial charge in [0, 0.05) is 11.3 Å². The number of nitrogens with one attached hydrogen (secondary N) is 2. The Kier molecular flexibility index (Phi) is 10.4. The minimum absolute atomic E-state index is 0.0291. The summed E-state index contributed by atoms with van der Waals surface area (Å²) < 4.78 is 34.3. The first kappa shape index (κ1) is 30.1. The zero-order valence-corrected chi connectivity index (χ0v) is 23.9. The molecule has 0 saturated heterocycles. The molecule has 8 heteroatoms. The number of esters is 1. The number of hydrogen-bond acceptors (Lipinski definition) is 5. The zero-order chi connectivity index (χ0) is 28.5. The number of carbonyl (C=O) groups is 2. The van der Waals surface area contributed by atoms with Gasteiger partial charge in [-0.2, -0.15) is 4.72 Å². The van der Waals surface area contributed by atoms with Crippen molar-refractivity contribution in [3.05, 3.63) is 95.6 Å². The molecule has 0 aliphatic rings. The number of amides is 1. The van der Waals surface area contributed by atoms with Crippen LogP contribution in [0.4, 0.5) is 5.69 Å². The lowest BCUT2D eigenvalue weighted by Gasteiger charge is -2.24. The van der Waals surface area contributed by atoms with Crippen LogP contribution in [0.3, 0.4) is 0 Å². The van der Waals surface area contributed by atoms with E-state index in [0.29, 0.717) is 11.3 Å². The molecule has 208 valence electrons. The van der Waals surface area contributed by atoms with Crippen LogP contribution in [0, 0.1) is 0 Å². The minimum atomic E-state index is -4.06. The first-order valence-corrected chi connectivity index (χ1v) is 14.7. The summed E-state index contributed by atoms with van der Waals surface area (Å²) in [6.07, 6.45) is 4.59. The Morgan fingerprint density at radius 1 is 0.846 bits per heavy atom. The molecule has 0 spiro atoms. The third-order valence-electron chi connectivity index (χ3n) is 5.98. The van der Waals surface area contributed by atoms with E-state index in [0.717, 1.165) is 24.8 Å². The van der Waals surface area contributed by atoms with E-state index in [-0.39, 0.29) is 17.2 Å². The van der Waals surface area contributed by atoms with Crippen LogP contribution >= 0.6 is 0 Å². The standard InChI is InChI=1S/C31H38N2O5S/c1-5-6-8-11-23-14-16-25(17-15-23)29(34)32-26-18-20-27(21-19-26)39(36,37)33-28(30(35)38-31(2,3)4)22-24-12-9-7-10-13-24/h7,9-10,12-21,28,33H,5-6,8,11,22H2,1-4H3,(H,32,34)/t28-/m0/s1. The van der Waals surface area contributed by atoms with Crippen LogP contribution < -0.4 is 10.0 Å². The van der Waals surface area contributed by atoms with Gasteiger partial charge in [-0.25, -0.2) is 8.42 Å². The van der Waals surface area contributed by atoms with E-state index in [1.54, 1.807) is 32.9 Å². The van der Waals surface area contributed by atoms with Crippen molar-refractivity contribution in [3.8, 4) is 0 Å². The van der Waals surface area contributed by atoms with Gasteiger partial charge in [0.05, 0.1) is 4.90 Å². The summed E-state index contributed by atoms with van der Waals surface area (Å²) in [5, 5.41) is 2.80. The number of sulfonamides is 1. The number of ether oxygens (including phenoxy) is 1. The van der Waals surface area contributed by atoms with Crippen molar-refractivity contribution in [1.82, 2.24) is 4.72 Å². The van der Waals surface area contributed by atoms with Crippen LogP contribution in [-0.2, 0) is 32.4 Å². The van der Waals surface area contributed by atoms with Crippen molar-refractivity contribution in [3.63, 3.8) is 0 Å². The highest BCUT2D eigenvalue weighted by molar-refractivity contribution is 7.89. The second kappa shape index (κ2) is 13.5. The van der Waals surface area contributed by atoms with Crippen LogP contribution in [0.25, 0.3) is 0 Å². The monoisotopic (exact) mass is 550 g/mol. The molecular formula is C31H38N2O5S. The Morgan fingerprint density at radius 3 is 2.08 bits per heavy atom. The van der Waals surface area contributed by atoms with Crippen LogP contribution in [0.15, 0.2) is 83.8 Å². The maximum Gasteiger partial charge on any atom is 0.325 e. The van der Waals surface area contributed by atoms with Gasteiger partial charge < -0.3 is 10.1 Å². The third-order valence-corrected chi connectivity index (χ3v) is 7.47. The largest absolute Gasteiger partial charge is 0.459 e. The predicted octanol–water partition coefficient (Wildman–Crippen LogP) is 5.90. The molecule has 0 radical (unpaired) electrons. The van der Waals surface area contributed by atoms with Gasteiger partial charge in [-0.3, -0.25) is 9.59 Å². The number of unbranched alkanes of at least 4 members (excludes halogenated alkanes) is 2. The highest BCUT2D eigenvalue weighted by Gasteiger charge is 2.30. The Hall–Kier alpha value is -3.49. The molecule has 0 aliphatic heterocycles. The lowest BCUT2D eigenvalue weighted by Crippen LogP contribution is -2.45. The Balaban J connectivity index is 1.68. The van der Waals surface area contributed by atoms with Gasteiger partial charge in [0.2, 0.25) is 10.0 Å². The van der Waals surface area contributed by atoms with Gasteiger partial charge in [-0.15, -0.1) is 0 Å². The fraction of sp³-hybridized carbons (Fsp3) is 0.355. The van der Waals surface area contributed by atoms with E-state index in [4.69, 9.17) is 4.74 Å². The van der Waals surface area contributed by atoms with E-state index >= 15 is 0 Å². The molecule has 0 heterocycles. The van der Waals surface area contributed by atoms with E-state index in [1.165, 1.54) is 36.2 Å². The molecule has 1 amide bonds. The average molecular weight is 551 g/mol. The molecule has 0 bridgehead atoms. The van der Waals surface area contributed by atoms with Crippen molar-refractivity contribution in [2.45, 2.75) is 76.3 Å². The molecule has 0 unspecified atom stereocenters. The van der Waals surface area contributed by atoms with E-state index in [9.17, 15) is 18.0 Å². The predicted molar refractivity (Wildman–Crippen MR) is 154 cm³/mol. The topological polar surface area (TPSA) is 102 Å². The van der Waals surface area contributed by atoms with Gasteiger partial charge in [0.15, 0.2) is 0 Å². The number of benzene rings is 3. The molecule has 1 atom stereocenters. The van der Waals surface area contributed by atoms with E-state index in [1.807, 2.05) is 42.5 Å². The molecular weight excluding hydrogens is 512 g/mol. The Bertz CT molecular complexity index is 1330. The lowest BCUT2D eigenvalue weighted by atomic mass is 10.1. The number of carbonyl (C=O) groups excluding carboxylic acids is 2. The van der Waals surface area contributed by atoms with Crippen molar-refractivity contribution in [2.75, 3.05) is 5.32 Å². The van der Waals surface area contributed by atoms with E-state index in [2.05, 4.69) is 17.0 Å². The summed E-state index contributed by atoms with van der Waals surface area (Å²) in [5.41, 5.74) is 2.20. The van der Waals surface area contributed by atoms with Gasteiger partial charge in [-0.05, 0) is 87.6 Å². The molecule has 2 N–H and O–H groups in total. The molecule has 7 nitrogen and oxygen atoms in total. The molecule has 3 rings (SSSR count). The van der Waals surface area contributed by atoms with Gasteiger partial charge in [-0.1, -0.05) is 62.2 Å². The fourth-order valence-electron chi connectivity index (χ4n) is 3.97. The van der Waals surface area contributed by atoms with Gasteiger partial charge in [0.1, 0.15) is 11.6 Å². The van der Waals surface area contributed by atoms with Crippen molar-refractivity contribution in [1.29, 1.82) is 0 Å². The summed E-state index contributed by atoms with van der Waals surface area (Å²) in [7, 11) is -4.06. The maximum atomic E-state index is 13.2. The average Bonchev–Trinajstić information content (AvgIpc) is 2.89. The quantitative estimate of drug-likeness (QED) is 0.216. The highest BCUT2D eigenvalue weighted by Crippen LogP contribution is 2.18. The van der Waals surface area contributed by atoms with Crippen LogP contribution in [0.2, 0.25) is 0 Å². The number of hydrogen-bond donors (Lipinski definition) is 2. The van der Waals surface area contributed by atoms with Crippen molar-refractivity contribution in [2.24, 2.45) is 0 Å².